The van der Waals surface area contributed by atoms with Gasteiger partial charge in [0.25, 0.3) is 0 Å². The first-order valence-electron chi connectivity index (χ1n) is 8.15. The van der Waals surface area contributed by atoms with Crippen molar-refractivity contribution in [1.82, 2.24) is 4.90 Å². The predicted molar refractivity (Wildman–Crippen MR) is 111 cm³/mol. The van der Waals surface area contributed by atoms with Crippen LogP contribution in [0.2, 0.25) is 0 Å². The number of hydrogen-bond acceptors (Lipinski definition) is 4. The third kappa shape index (κ3) is 6.03. The van der Waals surface area contributed by atoms with Gasteiger partial charge in [0.05, 0.1) is 5.75 Å². The molecule has 0 radical (unpaired) electrons. The van der Waals surface area contributed by atoms with E-state index in [9.17, 15) is 4.79 Å². The maximum Gasteiger partial charge on any atom is 0.236 e. The highest BCUT2D eigenvalue weighted by Gasteiger charge is 2.23. The number of carbonyl (C=O) groups excluding carboxylic acids is 1. The summed E-state index contributed by atoms with van der Waals surface area (Å²) in [6, 6.07) is 5.88. The van der Waals surface area contributed by atoms with E-state index in [1.807, 2.05) is 23.1 Å². The molecule has 1 aliphatic heterocycles. The average Bonchev–Trinajstić information content (AvgIpc) is 2.55. The number of fused-ring (bicyclic) bond motifs is 1. The maximum absolute atomic E-state index is 12.5. The van der Waals surface area contributed by atoms with Gasteiger partial charge in [-0.3, -0.25) is 4.79 Å². The molecular formula is C17H29Cl2N3OS. The molecule has 0 fully saturated rings. The van der Waals surface area contributed by atoms with Crippen molar-refractivity contribution in [3.05, 3.63) is 23.8 Å². The Kier molecular flexibility index (Phi) is 11.5. The Bertz CT molecular complexity index is 513. The molecular weight excluding hydrogens is 365 g/mol. The van der Waals surface area contributed by atoms with Crippen molar-refractivity contribution < 1.29 is 4.79 Å². The average molecular weight is 394 g/mol. The summed E-state index contributed by atoms with van der Waals surface area (Å²) in [6.45, 7) is 8.36. The molecule has 1 aromatic carbocycles. The lowest BCUT2D eigenvalue weighted by molar-refractivity contribution is -0.116. The second-order valence-corrected chi connectivity index (χ2v) is 6.68. The fourth-order valence-electron chi connectivity index (χ4n) is 2.88. The zero-order valence-corrected chi connectivity index (χ0v) is 16.9. The van der Waals surface area contributed by atoms with Gasteiger partial charge in [-0.25, -0.2) is 0 Å². The molecule has 1 amide bonds. The number of anilines is 2. The molecule has 0 bridgehead atoms. The zero-order chi connectivity index (χ0) is 15.9. The van der Waals surface area contributed by atoms with E-state index >= 15 is 0 Å². The van der Waals surface area contributed by atoms with Crippen molar-refractivity contribution in [2.45, 2.75) is 26.7 Å². The number of rotatable bonds is 7. The molecule has 138 valence electrons. The molecule has 2 rings (SSSR count). The first kappa shape index (κ1) is 23.4. The first-order chi connectivity index (χ1) is 10.7. The Hall–Kier alpha value is -0.620. The minimum atomic E-state index is 0. The van der Waals surface area contributed by atoms with E-state index in [1.165, 1.54) is 0 Å². The van der Waals surface area contributed by atoms with Gasteiger partial charge in [0, 0.05) is 30.2 Å². The summed E-state index contributed by atoms with van der Waals surface area (Å²) in [4.78, 5) is 16.8. The molecule has 24 heavy (non-hydrogen) atoms. The summed E-state index contributed by atoms with van der Waals surface area (Å²) < 4.78 is 0. The third-order valence-electron chi connectivity index (χ3n) is 4.26. The summed E-state index contributed by atoms with van der Waals surface area (Å²) in [5.41, 5.74) is 9.00. The molecule has 0 aromatic heterocycles. The van der Waals surface area contributed by atoms with Gasteiger partial charge in [-0.05, 0) is 43.6 Å². The van der Waals surface area contributed by atoms with Crippen LogP contribution in [0.15, 0.2) is 18.2 Å². The lowest BCUT2D eigenvalue weighted by Crippen LogP contribution is -2.37. The Morgan fingerprint density at radius 2 is 2.00 bits per heavy atom. The number of amides is 1. The molecule has 0 atom stereocenters. The molecule has 4 nitrogen and oxygen atoms in total. The minimum absolute atomic E-state index is 0. The van der Waals surface area contributed by atoms with Crippen LogP contribution < -0.4 is 10.6 Å². The van der Waals surface area contributed by atoms with Crippen LogP contribution in [0.1, 0.15) is 25.8 Å². The van der Waals surface area contributed by atoms with Gasteiger partial charge in [0.1, 0.15) is 0 Å². The molecule has 1 aliphatic rings. The molecule has 0 aliphatic carbocycles. The monoisotopic (exact) mass is 393 g/mol. The van der Waals surface area contributed by atoms with Gasteiger partial charge >= 0.3 is 0 Å². The molecule has 1 heterocycles. The van der Waals surface area contributed by atoms with E-state index in [0.717, 1.165) is 61.7 Å². The van der Waals surface area contributed by atoms with Crippen LogP contribution in [0.3, 0.4) is 0 Å². The normalized spacial score (nSPS) is 13.0. The van der Waals surface area contributed by atoms with E-state index in [4.69, 9.17) is 5.73 Å². The van der Waals surface area contributed by atoms with Crippen LogP contribution >= 0.6 is 36.6 Å². The Morgan fingerprint density at radius 1 is 1.29 bits per heavy atom. The van der Waals surface area contributed by atoms with Gasteiger partial charge in [-0.2, -0.15) is 11.8 Å². The number of nitrogens with zero attached hydrogens (tertiary/aromatic N) is 2. The Balaban J connectivity index is 0.00000264. The van der Waals surface area contributed by atoms with E-state index < -0.39 is 0 Å². The molecule has 0 saturated carbocycles. The Morgan fingerprint density at radius 3 is 2.67 bits per heavy atom. The summed E-state index contributed by atoms with van der Waals surface area (Å²) in [6.07, 6.45) is 1.97. The topological polar surface area (TPSA) is 49.6 Å². The zero-order valence-electron chi connectivity index (χ0n) is 14.5. The van der Waals surface area contributed by atoms with Crippen LogP contribution in [0, 0.1) is 0 Å². The van der Waals surface area contributed by atoms with Crippen molar-refractivity contribution in [1.29, 1.82) is 0 Å². The fraction of sp³-hybridized carbons (Fsp3) is 0.588. The number of nitrogens with two attached hydrogens (primary N) is 1. The van der Waals surface area contributed by atoms with Crippen molar-refractivity contribution in [2.75, 3.05) is 48.3 Å². The lowest BCUT2D eigenvalue weighted by atomic mass is 10.00. The second-order valence-electron chi connectivity index (χ2n) is 5.57. The van der Waals surface area contributed by atoms with Crippen LogP contribution in [-0.4, -0.2) is 48.5 Å². The SMILES string of the molecule is CCN(CC)CCSCC(=O)N1CCCc2c(N)cccc21.Cl.Cl. The predicted octanol–water partition coefficient (Wildman–Crippen LogP) is 3.47. The first-order valence-corrected chi connectivity index (χ1v) is 9.30. The van der Waals surface area contributed by atoms with E-state index in [0.29, 0.717) is 5.75 Å². The third-order valence-corrected chi connectivity index (χ3v) is 5.18. The van der Waals surface area contributed by atoms with Crippen LogP contribution in [-0.2, 0) is 11.2 Å². The Labute approximate surface area is 162 Å². The van der Waals surface area contributed by atoms with Gasteiger partial charge in [0.2, 0.25) is 5.91 Å². The highest BCUT2D eigenvalue weighted by Crippen LogP contribution is 2.31. The summed E-state index contributed by atoms with van der Waals surface area (Å²) in [5.74, 6) is 1.76. The number of halogens is 2. The van der Waals surface area contributed by atoms with Crippen molar-refractivity contribution in [2.24, 2.45) is 0 Å². The fourth-order valence-corrected chi connectivity index (χ4v) is 3.74. The van der Waals surface area contributed by atoms with Gasteiger partial charge in [-0.1, -0.05) is 19.9 Å². The molecule has 2 N–H and O–H groups in total. The summed E-state index contributed by atoms with van der Waals surface area (Å²) in [5, 5.41) is 0. The highest BCUT2D eigenvalue weighted by atomic mass is 35.5. The largest absolute Gasteiger partial charge is 0.398 e. The van der Waals surface area contributed by atoms with Crippen molar-refractivity contribution in [3.63, 3.8) is 0 Å². The van der Waals surface area contributed by atoms with E-state index in [1.54, 1.807) is 11.8 Å². The molecule has 7 heteroatoms. The highest BCUT2D eigenvalue weighted by molar-refractivity contribution is 7.99. The summed E-state index contributed by atoms with van der Waals surface area (Å²) >= 11 is 1.73. The van der Waals surface area contributed by atoms with Crippen molar-refractivity contribution >= 4 is 53.9 Å². The van der Waals surface area contributed by atoms with Crippen LogP contribution in [0.5, 0.6) is 0 Å². The molecule has 0 unspecified atom stereocenters. The quantitative estimate of drug-likeness (QED) is 0.568. The second kappa shape index (κ2) is 11.9. The molecule has 0 saturated heterocycles. The van der Waals surface area contributed by atoms with Gasteiger partial charge in [-0.15, -0.1) is 24.8 Å². The molecule has 1 aromatic rings. The lowest BCUT2D eigenvalue weighted by Gasteiger charge is -2.30. The number of hydrogen-bond donors (Lipinski definition) is 1. The summed E-state index contributed by atoms with van der Waals surface area (Å²) in [7, 11) is 0. The van der Waals surface area contributed by atoms with Crippen molar-refractivity contribution in [3.8, 4) is 0 Å². The van der Waals surface area contributed by atoms with E-state index in [2.05, 4.69) is 18.7 Å². The van der Waals surface area contributed by atoms with Gasteiger partial charge < -0.3 is 15.5 Å². The van der Waals surface area contributed by atoms with Crippen LogP contribution in [0.4, 0.5) is 11.4 Å². The van der Waals surface area contributed by atoms with Gasteiger partial charge in [0.15, 0.2) is 0 Å². The minimum Gasteiger partial charge on any atom is -0.398 e. The van der Waals surface area contributed by atoms with Crippen LogP contribution in [0.25, 0.3) is 0 Å². The maximum atomic E-state index is 12.5. The number of nitrogen functional groups attached to an aromatic ring is 1. The smallest absolute Gasteiger partial charge is 0.236 e. The number of carbonyl (C=O) groups is 1. The van der Waals surface area contributed by atoms with E-state index in [-0.39, 0.29) is 30.7 Å². The number of benzene rings is 1. The number of thioether (sulfide) groups is 1. The standard InChI is InChI=1S/C17H27N3OS.2ClH/c1-3-19(4-2)11-12-22-13-17(21)20-10-6-7-14-15(18)8-5-9-16(14)20;;/h5,8-9H,3-4,6-7,10-13,18H2,1-2H3;2*1H. The molecule has 0 spiro atoms.